The van der Waals surface area contributed by atoms with Crippen LogP contribution in [0, 0.1) is 63.2 Å². The molecule has 4 N–H and O–H groups in total. The summed E-state index contributed by atoms with van der Waals surface area (Å²) in [6, 6.07) is -2.09. The molecule has 2 rings (SSSR count). The summed E-state index contributed by atoms with van der Waals surface area (Å²) in [7, 11) is 2.36. The average molecular weight is 681 g/mol. The number of thioether (sulfide) groups is 2. The van der Waals surface area contributed by atoms with E-state index in [-0.39, 0.29) is 52.0 Å². The van der Waals surface area contributed by atoms with E-state index in [0.29, 0.717) is 36.2 Å². The summed E-state index contributed by atoms with van der Waals surface area (Å²) >= 11 is 2.58. The molecule has 0 spiro atoms. The van der Waals surface area contributed by atoms with Crippen molar-refractivity contribution in [2.75, 3.05) is 50.4 Å². The van der Waals surface area contributed by atoms with Crippen molar-refractivity contribution in [1.82, 2.24) is 10.6 Å². The summed E-state index contributed by atoms with van der Waals surface area (Å²) in [5.41, 5.74) is 0. The Balaban J connectivity index is 0.000000802. The van der Waals surface area contributed by atoms with Gasteiger partial charge in [0.1, 0.15) is 11.6 Å². The Labute approximate surface area is 272 Å². The molecular weight excluding hydrogens is 644 g/mol. The van der Waals surface area contributed by atoms with Crippen LogP contribution < -0.4 is 10.6 Å². The van der Waals surface area contributed by atoms with Crippen molar-refractivity contribution in [3.63, 3.8) is 0 Å². The maximum Gasteiger partial charge on any atom is 2.00 e. The summed E-state index contributed by atoms with van der Waals surface area (Å²) < 4.78 is 8.87. The van der Waals surface area contributed by atoms with E-state index in [4.69, 9.17) is 10.2 Å². The number of ketones is 2. The summed E-state index contributed by atoms with van der Waals surface area (Å²) in [5, 5.41) is 22.6. The predicted octanol–water partition coefficient (Wildman–Crippen LogP) is -0.534. The summed E-state index contributed by atoms with van der Waals surface area (Å²) in [6.45, 7) is -1.03. The van der Waals surface area contributed by atoms with Crippen molar-refractivity contribution >= 4 is 58.8 Å². The number of hydrogen-bond acceptors (Lipinski definition) is 12. The molecule has 0 aromatic carbocycles. The van der Waals surface area contributed by atoms with Gasteiger partial charge in [-0.15, -0.1) is 0 Å². The van der Waals surface area contributed by atoms with Crippen LogP contribution in [0.3, 0.4) is 0 Å². The Hall–Kier alpha value is -1.64. The van der Waals surface area contributed by atoms with Crippen LogP contribution in [0.5, 0.6) is 0 Å². The Kier molecular flexibility index (Phi) is 23.7. The van der Waals surface area contributed by atoms with Gasteiger partial charge in [-0.25, -0.2) is 9.59 Å². The molecule has 2 aliphatic rings. The molecule has 2 aliphatic carbocycles. The number of aliphatic hydroxyl groups excluding tert-OH is 2. The van der Waals surface area contributed by atoms with Gasteiger partial charge in [0.25, 0.3) is 0 Å². The smallest absolute Gasteiger partial charge is 0.467 e. The van der Waals surface area contributed by atoms with E-state index in [1.165, 1.54) is 37.7 Å². The van der Waals surface area contributed by atoms with Gasteiger partial charge in [-0.2, -0.15) is 23.5 Å². The Bertz CT molecular complexity index is 814. The first kappa shape index (κ1) is 41.4. The largest absolute Gasteiger partial charge is 2.00 e. The quantitative estimate of drug-likeness (QED) is 0.0826. The first-order valence-electron chi connectivity index (χ1n) is 12.8. The molecule has 0 heterocycles. The Morgan fingerprint density at radius 2 is 1.00 bits per heavy atom. The number of rotatable bonds is 18. The van der Waals surface area contributed by atoms with Crippen LogP contribution in [0.1, 0.15) is 12.8 Å². The molecule has 236 valence electrons. The molecular formula is C28H36FeN2O10S2+2. The maximum atomic E-state index is 11.7. The number of ether oxygens (including phenoxy) is 2. The molecule has 2 amide bonds. The van der Waals surface area contributed by atoms with E-state index in [0.717, 1.165) is 0 Å². The van der Waals surface area contributed by atoms with Crippen molar-refractivity contribution in [2.24, 2.45) is 0 Å². The molecule has 10 radical (unpaired) electrons. The standard InChI is InChI=1S/2C14H18NO5S.Fe/c2*1-20-14(19)11(8-16)15-13(18)9-21-7-6-12(17)10-4-2-3-5-10;/h2*2-5,11,16H,6-9H2,1H3,(H,15,18);/q;;+2/t2*11-;/m00./s1. The van der Waals surface area contributed by atoms with Gasteiger partial charge < -0.3 is 30.3 Å². The number of aliphatic hydroxyl groups is 2. The van der Waals surface area contributed by atoms with Crippen molar-refractivity contribution < 1.29 is 65.5 Å². The second-order valence-electron chi connectivity index (χ2n) is 8.45. The molecule has 0 bridgehead atoms. The van der Waals surface area contributed by atoms with E-state index in [2.05, 4.69) is 20.1 Å². The number of esters is 2. The fraction of sp³-hybridized carbons (Fsp3) is 0.429. The topological polar surface area (TPSA) is 185 Å². The van der Waals surface area contributed by atoms with Crippen molar-refractivity contribution in [3.8, 4) is 0 Å². The van der Waals surface area contributed by atoms with Crippen LogP contribution in [0.25, 0.3) is 0 Å². The molecule has 0 aromatic rings. The van der Waals surface area contributed by atoms with Gasteiger partial charge in [0, 0.05) is 36.2 Å². The molecule has 2 saturated carbocycles. The third-order valence-electron chi connectivity index (χ3n) is 5.39. The van der Waals surface area contributed by atoms with Crippen LogP contribution in [-0.2, 0) is 55.3 Å². The van der Waals surface area contributed by atoms with Gasteiger partial charge >= 0.3 is 29.0 Å². The number of nitrogens with one attached hydrogen (secondary N) is 2. The van der Waals surface area contributed by atoms with Gasteiger partial charge in [-0.05, 0) is 51.4 Å². The summed E-state index contributed by atoms with van der Waals surface area (Å²) in [6.07, 6.45) is 14.9. The van der Waals surface area contributed by atoms with Crippen LogP contribution in [0.2, 0.25) is 0 Å². The fourth-order valence-corrected chi connectivity index (χ4v) is 4.67. The summed E-state index contributed by atoms with van der Waals surface area (Å²) in [4.78, 5) is 68.9. The third-order valence-corrected chi connectivity index (χ3v) is 7.31. The third kappa shape index (κ3) is 17.4. The minimum Gasteiger partial charge on any atom is -0.467 e. The number of amides is 2. The van der Waals surface area contributed by atoms with E-state index < -0.39 is 37.2 Å². The molecule has 0 aromatic heterocycles. The van der Waals surface area contributed by atoms with Gasteiger partial charge in [0.2, 0.25) is 11.8 Å². The number of methoxy groups -OCH3 is 2. The first-order chi connectivity index (χ1) is 20.2. The molecule has 12 nitrogen and oxygen atoms in total. The van der Waals surface area contributed by atoms with Gasteiger partial charge in [-0.1, -0.05) is 0 Å². The van der Waals surface area contributed by atoms with Gasteiger partial charge in [0.05, 0.1) is 38.9 Å². The number of Topliss-reactive ketones (excluding diaryl/α,β-unsaturated/α-hetero) is 2. The predicted molar refractivity (Wildman–Crippen MR) is 157 cm³/mol. The molecule has 0 unspecified atom stereocenters. The van der Waals surface area contributed by atoms with Crippen LogP contribution in [0.15, 0.2) is 0 Å². The second-order valence-corrected chi connectivity index (χ2v) is 10.7. The minimum atomic E-state index is -1.05. The molecule has 2 fully saturated rings. The minimum absolute atomic E-state index is 0. The molecule has 0 saturated heterocycles. The molecule has 15 heteroatoms. The molecule has 0 aliphatic heterocycles. The number of carbonyl (C=O) groups is 6. The summed E-state index contributed by atoms with van der Waals surface area (Å²) in [5.74, 6) is 0.520. The van der Waals surface area contributed by atoms with Crippen molar-refractivity contribution in [3.05, 3.63) is 63.2 Å². The zero-order valence-electron chi connectivity index (χ0n) is 23.8. The normalized spacial score (nSPS) is 16.1. The maximum absolute atomic E-state index is 11.7. The number of hydrogen-bond donors (Lipinski definition) is 4. The van der Waals surface area contributed by atoms with Gasteiger partial charge in [0.15, 0.2) is 12.1 Å². The number of carbonyl (C=O) groups excluding carboxylic acids is 6. The zero-order valence-corrected chi connectivity index (χ0v) is 26.5. The van der Waals surface area contributed by atoms with Crippen molar-refractivity contribution in [2.45, 2.75) is 24.9 Å². The first-order valence-corrected chi connectivity index (χ1v) is 15.1. The van der Waals surface area contributed by atoms with Crippen molar-refractivity contribution in [1.29, 1.82) is 0 Å². The van der Waals surface area contributed by atoms with E-state index in [1.807, 2.05) is 0 Å². The van der Waals surface area contributed by atoms with E-state index in [9.17, 15) is 28.8 Å². The second kappa shape index (κ2) is 24.7. The Morgan fingerprint density at radius 3 is 1.28 bits per heavy atom. The van der Waals surface area contributed by atoms with Crippen LogP contribution in [-0.4, -0.2) is 108 Å². The Morgan fingerprint density at radius 1 is 0.674 bits per heavy atom. The zero-order chi connectivity index (χ0) is 31.3. The molecule has 2 atom stereocenters. The fourth-order valence-electron chi connectivity index (χ4n) is 3.18. The van der Waals surface area contributed by atoms with E-state index in [1.54, 1.807) is 51.4 Å². The average Bonchev–Trinajstić information content (AvgIpc) is 3.74. The van der Waals surface area contributed by atoms with Crippen LogP contribution >= 0.6 is 23.5 Å². The van der Waals surface area contributed by atoms with Gasteiger partial charge in [-0.3, -0.25) is 19.2 Å². The monoisotopic (exact) mass is 680 g/mol. The SMILES string of the molecule is COC(=O)[C@H](CO)NC(=O)CSCCC(=O)[C]1[CH][CH][CH][CH]1.COC(=O)[C@H](CO)NC(=O)CSCCC(=O)[C]1[CH][CH][CH][CH]1.[Fe+2]. The van der Waals surface area contributed by atoms with Crippen LogP contribution in [0.4, 0.5) is 0 Å². The molecule has 43 heavy (non-hydrogen) atoms. The van der Waals surface area contributed by atoms with E-state index >= 15 is 0 Å².